The summed E-state index contributed by atoms with van der Waals surface area (Å²) >= 11 is 2.67. The molecule has 2 aromatic rings. The third kappa shape index (κ3) is 6.84. The van der Waals surface area contributed by atoms with Crippen LogP contribution in [0.2, 0.25) is 0 Å². The molecule has 1 heterocycles. The number of amides is 3. The molecule has 0 aliphatic heterocycles. The van der Waals surface area contributed by atoms with E-state index in [4.69, 9.17) is 0 Å². The number of imide groups is 1. The van der Waals surface area contributed by atoms with Gasteiger partial charge in [-0.15, -0.1) is 10.2 Å². The third-order valence-electron chi connectivity index (χ3n) is 3.58. The molecule has 0 radical (unpaired) electrons. The van der Waals surface area contributed by atoms with Crippen LogP contribution in [0.15, 0.2) is 22.5 Å². The van der Waals surface area contributed by atoms with Crippen molar-refractivity contribution in [2.45, 2.75) is 44.2 Å². The van der Waals surface area contributed by atoms with Gasteiger partial charge in [-0.2, -0.15) is 0 Å². The molecule has 0 spiro atoms. The first-order valence-corrected chi connectivity index (χ1v) is 10.4. The van der Waals surface area contributed by atoms with Crippen LogP contribution in [0.25, 0.3) is 0 Å². The van der Waals surface area contributed by atoms with E-state index >= 15 is 0 Å². The predicted molar refractivity (Wildman–Crippen MR) is 112 cm³/mol. The lowest BCUT2D eigenvalue weighted by Gasteiger charge is -2.12. The van der Waals surface area contributed by atoms with E-state index in [1.807, 2.05) is 32.0 Å². The van der Waals surface area contributed by atoms with Crippen molar-refractivity contribution in [2.24, 2.45) is 5.92 Å². The minimum Gasteiger partial charge on any atom is -0.360 e. The molecule has 0 aliphatic rings. The minimum atomic E-state index is -0.545. The Balaban J connectivity index is 1.85. The Morgan fingerprint density at radius 3 is 2.59 bits per heavy atom. The molecule has 146 valence electrons. The summed E-state index contributed by atoms with van der Waals surface area (Å²) in [4.78, 5) is 24.3. The van der Waals surface area contributed by atoms with Crippen molar-refractivity contribution in [2.75, 3.05) is 17.2 Å². The van der Waals surface area contributed by atoms with Crippen molar-refractivity contribution in [3.63, 3.8) is 0 Å². The largest absolute Gasteiger partial charge is 0.360 e. The van der Waals surface area contributed by atoms with E-state index in [0.717, 1.165) is 22.8 Å². The highest BCUT2D eigenvalue weighted by Crippen LogP contribution is 2.29. The Morgan fingerprint density at radius 1 is 1.19 bits per heavy atom. The molecule has 1 aromatic heterocycles. The number of hydrogen-bond donors (Lipinski definition) is 3. The average molecular weight is 408 g/mol. The first-order chi connectivity index (χ1) is 12.7. The van der Waals surface area contributed by atoms with Crippen LogP contribution in [0, 0.1) is 19.8 Å². The van der Waals surface area contributed by atoms with Gasteiger partial charge < -0.3 is 10.6 Å². The first-order valence-electron chi connectivity index (χ1n) is 8.67. The summed E-state index contributed by atoms with van der Waals surface area (Å²) in [5.74, 6) is 0.125. The zero-order valence-electron chi connectivity index (χ0n) is 16.1. The van der Waals surface area contributed by atoms with Gasteiger partial charge in [0, 0.05) is 12.2 Å². The highest BCUT2D eigenvalue weighted by Gasteiger charge is 2.19. The smallest absolute Gasteiger partial charge is 0.325 e. The number of carbonyl (C=O) groups is 2. The van der Waals surface area contributed by atoms with Crippen LogP contribution in [0.4, 0.5) is 15.6 Å². The average Bonchev–Trinajstić information content (AvgIpc) is 3.03. The number of aryl methyl sites for hydroxylation is 2. The van der Waals surface area contributed by atoms with Gasteiger partial charge in [0.2, 0.25) is 11.0 Å². The zero-order valence-corrected chi connectivity index (χ0v) is 17.8. The summed E-state index contributed by atoms with van der Waals surface area (Å²) in [7, 11) is 0. The van der Waals surface area contributed by atoms with Gasteiger partial charge in [-0.25, -0.2) is 4.79 Å². The molecule has 1 aromatic carbocycles. The van der Waals surface area contributed by atoms with Gasteiger partial charge in [-0.1, -0.05) is 54.6 Å². The van der Waals surface area contributed by atoms with Crippen LogP contribution in [-0.4, -0.2) is 33.9 Å². The second-order valence-corrected chi connectivity index (χ2v) is 9.24. The van der Waals surface area contributed by atoms with Crippen molar-refractivity contribution in [1.29, 1.82) is 0 Å². The molecule has 7 nitrogen and oxygen atoms in total. The molecular formula is C18H25N5O2S2. The number of benzene rings is 1. The number of thioether (sulfide) groups is 1. The van der Waals surface area contributed by atoms with Crippen LogP contribution in [0.1, 0.15) is 31.9 Å². The van der Waals surface area contributed by atoms with Crippen LogP contribution in [-0.2, 0) is 4.79 Å². The molecule has 1 unspecified atom stereocenters. The quantitative estimate of drug-likeness (QED) is 0.599. The highest BCUT2D eigenvalue weighted by molar-refractivity contribution is 8.02. The van der Waals surface area contributed by atoms with Gasteiger partial charge in [0.15, 0.2) is 4.34 Å². The number of anilines is 2. The maximum atomic E-state index is 12.3. The van der Waals surface area contributed by atoms with Crippen LogP contribution >= 0.6 is 23.1 Å². The van der Waals surface area contributed by atoms with Crippen molar-refractivity contribution >= 4 is 45.9 Å². The second-order valence-electron chi connectivity index (χ2n) is 6.67. The Hall–Kier alpha value is -2.13. The molecule has 3 amide bonds. The Labute approximate surface area is 167 Å². The Morgan fingerprint density at radius 2 is 1.93 bits per heavy atom. The molecule has 3 N–H and O–H groups in total. The fourth-order valence-electron chi connectivity index (χ4n) is 2.15. The van der Waals surface area contributed by atoms with Gasteiger partial charge in [0.05, 0.1) is 5.25 Å². The van der Waals surface area contributed by atoms with E-state index in [1.165, 1.54) is 23.1 Å². The van der Waals surface area contributed by atoms with E-state index in [0.29, 0.717) is 15.9 Å². The number of nitrogens with zero attached hydrogens (tertiary/aromatic N) is 2. The Bertz CT molecular complexity index is 807. The molecule has 1 atom stereocenters. The zero-order chi connectivity index (χ0) is 20.0. The van der Waals surface area contributed by atoms with Crippen molar-refractivity contribution in [3.05, 3.63) is 29.3 Å². The van der Waals surface area contributed by atoms with Crippen LogP contribution in [0.3, 0.4) is 0 Å². The normalized spacial score (nSPS) is 11.9. The molecule has 0 saturated heterocycles. The molecule has 2 rings (SSSR count). The third-order valence-corrected chi connectivity index (χ3v) is 5.65. The molecule has 0 saturated carbocycles. The molecule has 0 bridgehead atoms. The van der Waals surface area contributed by atoms with Crippen molar-refractivity contribution in [1.82, 2.24) is 15.5 Å². The van der Waals surface area contributed by atoms with Gasteiger partial charge >= 0.3 is 6.03 Å². The number of nitrogens with one attached hydrogen (secondary N) is 3. The minimum absolute atomic E-state index is 0.380. The summed E-state index contributed by atoms with van der Waals surface area (Å²) in [6, 6.07) is 5.15. The topological polar surface area (TPSA) is 96.0 Å². The van der Waals surface area contributed by atoms with Crippen molar-refractivity contribution in [3.8, 4) is 0 Å². The molecule has 0 aliphatic carbocycles. The molecule has 0 fully saturated rings. The van der Waals surface area contributed by atoms with Gasteiger partial charge in [-0.3, -0.25) is 10.1 Å². The number of aromatic nitrogens is 2. The standard InChI is InChI=1S/C18H25N5O2S2/c1-10(2)9-19-17-22-23-18(27-17)26-13(5)15(24)21-16(25)20-14-7-6-11(3)8-12(14)4/h6-8,10,13H,9H2,1-5H3,(H,19,22)(H2,20,21,24,25). The number of rotatable bonds is 7. The summed E-state index contributed by atoms with van der Waals surface area (Å²) in [5, 5.41) is 16.7. The lowest BCUT2D eigenvalue weighted by molar-refractivity contribution is -0.119. The van der Waals surface area contributed by atoms with Crippen molar-refractivity contribution < 1.29 is 9.59 Å². The maximum absolute atomic E-state index is 12.3. The molecule has 9 heteroatoms. The number of hydrogen-bond acceptors (Lipinski definition) is 7. The Kier molecular flexibility index (Phi) is 7.61. The van der Waals surface area contributed by atoms with Crippen LogP contribution in [0.5, 0.6) is 0 Å². The summed E-state index contributed by atoms with van der Waals surface area (Å²) in [6.45, 7) is 10.7. The fraction of sp³-hybridized carbons (Fsp3) is 0.444. The summed E-state index contributed by atoms with van der Waals surface area (Å²) in [5.41, 5.74) is 2.73. The SMILES string of the molecule is Cc1ccc(NC(=O)NC(=O)C(C)Sc2nnc(NCC(C)C)s2)c(C)c1. The van der Waals surface area contributed by atoms with E-state index in [2.05, 4.69) is 40.0 Å². The number of urea groups is 1. The lowest BCUT2D eigenvalue weighted by Crippen LogP contribution is -2.39. The van der Waals surface area contributed by atoms with Gasteiger partial charge in [0.1, 0.15) is 0 Å². The van der Waals surface area contributed by atoms with E-state index < -0.39 is 11.3 Å². The van der Waals surface area contributed by atoms with E-state index in [1.54, 1.807) is 6.92 Å². The van der Waals surface area contributed by atoms with Gasteiger partial charge in [-0.05, 0) is 38.3 Å². The van der Waals surface area contributed by atoms with Crippen LogP contribution < -0.4 is 16.0 Å². The first kappa shape index (κ1) is 21.2. The fourth-order valence-corrected chi connectivity index (χ4v) is 4.05. The predicted octanol–water partition coefficient (Wildman–Crippen LogP) is 4.05. The lowest BCUT2D eigenvalue weighted by atomic mass is 10.1. The molecular weight excluding hydrogens is 382 g/mol. The summed E-state index contributed by atoms with van der Waals surface area (Å²) in [6.07, 6.45) is 0. The second kappa shape index (κ2) is 9.70. The summed E-state index contributed by atoms with van der Waals surface area (Å²) < 4.78 is 0.679. The monoisotopic (exact) mass is 407 g/mol. The van der Waals surface area contributed by atoms with E-state index in [-0.39, 0.29) is 5.91 Å². The van der Waals surface area contributed by atoms with E-state index in [9.17, 15) is 9.59 Å². The van der Waals surface area contributed by atoms with Gasteiger partial charge in [0.25, 0.3) is 0 Å². The molecule has 27 heavy (non-hydrogen) atoms. The maximum Gasteiger partial charge on any atom is 0.325 e. The highest BCUT2D eigenvalue weighted by atomic mass is 32.2. The number of carbonyl (C=O) groups excluding carboxylic acids is 2.